The lowest BCUT2D eigenvalue weighted by molar-refractivity contribution is -0.121. The maximum Gasteiger partial charge on any atom is 0.329 e. The summed E-state index contributed by atoms with van der Waals surface area (Å²) in [6.07, 6.45) is 0.396. The lowest BCUT2D eigenvalue weighted by atomic mass is 9.85. The van der Waals surface area contributed by atoms with Gasteiger partial charge in [0.2, 0.25) is 0 Å². The second-order valence-corrected chi connectivity index (χ2v) is 9.03. The molecule has 1 aliphatic rings. The number of hydrogen-bond acceptors (Lipinski definition) is 2. The largest absolute Gasteiger partial charge is 0.329 e. The first-order chi connectivity index (χ1) is 12.5. The molecule has 1 heterocycles. The number of carbonyl (C=O) groups excluding carboxylic acids is 2. The van der Waals surface area contributed by atoms with Crippen molar-refractivity contribution >= 4 is 40.8 Å². The Bertz CT molecular complexity index is 883. The van der Waals surface area contributed by atoms with E-state index in [4.69, 9.17) is 23.2 Å². The van der Waals surface area contributed by atoms with Gasteiger partial charge in [0.05, 0.1) is 5.69 Å². The second-order valence-electron chi connectivity index (χ2n) is 8.15. The molecule has 2 aromatic carbocycles. The highest BCUT2D eigenvalue weighted by Gasteiger charge is 2.48. The predicted octanol–water partition coefficient (Wildman–Crippen LogP) is 5.35. The Morgan fingerprint density at radius 1 is 1.00 bits per heavy atom. The molecule has 1 N–H and O–H groups in total. The zero-order chi connectivity index (χ0) is 20.0. The highest BCUT2D eigenvalue weighted by Crippen LogP contribution is 2.32. The molecule has 1 unspecified atom stereocenters. The summed E-state index contributed by atoms with van der Waals surface area (Å²) in [5.41, 5.74) is 1.58. The van der Waals surface area contributed by atoms with Gasteiger partial charge in [-0.2, -0.15) is 0 Å². The van der Waals surface area contributed by atoms with Gasteiger partial charge in [0.25, 0.3) is 5.91 Å². The number of urea groups is 1. The summed E-state index contributed by atoms with van der Waals surface area (Å²) in [5.74, 6) is -0.328. The fourth-order valence-electron chi connectivity index (χ4n) is 3.24. The fraction of sp³-hybridized carbons (Fsp3) is 0.333. The van der Waals surface area contributed by atoms with Crippen LogP contribution >= 0.6 is 23.2 Å². The number of rotatable bonds is 3. The van der Waals surface area contributed by atoms with Crippen LogP contribution in [-0.2, 0) is 16.6 Å². The molecule has 4 nitrogen and oxygen atoms in total. The van der Waals surface area contributed by atoms with E-state index in [1.54, 1.807) is 25.1 Å². The molecule has 6 heteroatoms. The van der Waals surface area contributed by atoms with E-state index in [9.17, 15) is 9.59 Å². The standard InChI is InChI=1S/C21H22Cl2N2O2/c1-20(2,3)14-7-5-13(6-8-14)12-21(4)18(26)25(19(27)24-21)17-10-15(22)9-16(23)11-17/h5-11H,12H2,1-4H3,(H,24,27). The van der Waals surface area contributed by atoms with Gasteiger partial charge in [0, 0.05) is 16.5 Å². The molecule has 1 saturated heterocycles. The third-order valence-electron chi connectivity index (χ3n) is 4.74. The van der Waals surface area contributed by atoms with Crippen molar-refractivity contribution in [2.75, 3.05) is 4.90 Å². The third kappa shape index (κ3) is 3.97. The van der Waals surface area contributed by atoms with Gasteiger partial charge in [-0.25, -0.2) is 9.69 Å². The zero-order valence-electron chi connectivity index (χ0n) is 15.8. The summed E-state index contributed by atoms with van der Waals surface area (Å²) in [6.45, 7) is 8.19. The van der Waals surface area contributed by atoms with Gasteiger partial charge in [0.15, 0.2) is 0 Å². The zero-order valence-corrected chi connectivity index (χ0v) is 17.3. The van der Waals surface area contributed by atoms with Crippen molar-refractivity contribution in [2.24, 2.45) is 0 Å². The van der Waals surface area contributed by atoms with Crippen molar-refractivity contribution < 1.29 is 9.59 Å². The van der Waals surface area contributed by atoms with Crippen molar-refractivity contribution in [1.29, 1.82) is 0 Å². The Morgan fingerprint density at radius 3 is 2.07 bits per heavy atom. The molecule has 0 aliphatic carbocycles. The van der Waals surface area contributed by atoms with Crippen LogP contribution in [0, 0.1) is 0 Å². The van der Waals surface area contributed by atoms with Crippen LogP contribution in [0.5, 0.6) is 0 Å². The number of carbonyl (C=O) groups is 2. The van der Waals surface area contributed by atoms with E-state index in [0.717, 1.165) is 10.5 Å². The van der Waals surface area contributed by atoms with Gasteiger partial charge >= 0.3 is 6.03 Å². The van der Waals surface area contributed by atoms with Crippen molar-refractivity contribution in [2.45, 2.75) is 45.1 Å². The molecule has 1 fully saturated rings. The second kappa shape index (κ2) is 6.84. The first-order valence-electron chi connectivity index (χ1n) is 8.72. The Balaban J connectivity index is 1.86. The first kappa shape index (κ1) is 19.7. The van der Waals surface area contributed by atoms with Crippen molar-refractivity contribution in [3.63, 3.8) is 0 Å². The molecule has 1 aliphatic heterocycles. The average molecular weight is 405 g/mol. The maximum atomic E-state index is 13.0. The van der Waals surface area contributed by atoms with Crippen molar-refractivity contribution in [1.82, 2.24) is 5.32 Å². The van der Waals surface area contributed by atoms with E-state index in [0.29, 0.717) is 22.2 Å². The van der Waals surface area contributed by atoms with Crippen LogP contribution in [0.3, 0.4) is 0 Å². The van der Waals surface area contributed by atoms with E-state index >= 15 is 0 Å². The number of amides is 3. The summed E-state index contributed by atoms with van der Waals surface area (Å²) in [5, 5.41) is 3.54. The number of imide groups is 1. The van der Waals surface area contributed by atoms with Crippen LogP contribution in [-0.4, -0.2) is 17.5 Å². The molecule has 3 rings (SSSR count). The number of benzene rings is 2. The molecular weight excluding hydrogens is 383 g/mol. The average Bonchev–Trinajstić information content (AvgIpc) is 2.75. The summed E-state index contributed by atoms with van der Waals surface area (Å²) in [6, 6.07) is 12.3. The molecule has 0 saturated carbocycles. The van der Waals surface area contributed by atoms with E-state index in [1.807, 2.05) is 12.1 Å². The molecule has 1 atom stereocenters. The predicted molar refractivity (Wildman–Crippen MR) is 110 cm³/mol. The van der Waals surface area contributed by atoms with Crippen LogP contribution in [0.15, 0.2) is 42.5 Å². The van der Waals surface area contributed by atoms with Gasteiger partial charge in [-0.05, 0) is 41.7 Å². The quantitative estimate of drug-likeness (QED) is 0.700. The number of nitrogens with one attached hydrogen (secondary N) is 1. The Hall–Kier alpha value is -2.04. The van der Waals surface area contributed by atoms with E-state index < -0.39 is 11.6 Å². The lowest BCUT2D eigenvalue weighted by Gasteiger charge is -2.23. The smallest absolute Gasteiger partial charge is 0.323 e. The molecule has 142 valence electrons. The lowest BCUT2D eigenvalue weighted by Crippen LogP contribution is -2.46. The van der Waals surface area contributed by atoms with Gasteiger partial charge in [-0.15, -0.1) is 0 Å². The molecule has 0 radical (unpaired) electrons. The Kier molecular flexibility index (Phi) is 5.00. The third-order valence-corrected chi connectivity index (χ3v) is 5.18. The fourth-order valence-corrected chi connectivity index (χ4v) is 3.75. The molecule has 27 heavy (non-hydrogen) atoms. The number of nitrogens with zero attached hydrogens (tertiary/aromatic N) is 1. The van der Waals surface area contributed by atoms with Crippen LogP contribution < -0.4 is 10.2 Å². The van der Waals surface area contributed by atoms with E-state index in [2.05, 4.69) is 38.2 Å². The van der Waals surface area contributed by atoms with Gasteiger partial charge in [-0.3, -0.25) is 4.79 Å². The summed E-state index contributed by atoms with van der Waals surface area (Å²) in [4.78, 5) is 26.7. The molecule has 3 amide bonds. The molecule has 0 aromatic heterocycles. The molecule has 0 bridgehead atoms. The van der Waals surface area contributed by atoms with Crippen molar-refractivity contribution in [3.05, 3.63) is 63.6 Å². The normalized spacial score (nSPS) is 20.1. The maximum absolute atomic E-state index is 13.0. The topological polar surface area (TPSA) is 49.4 Å². The van der Waals surface area contributed by atoms with Crippen LogP contribution in [0.1, 0.15) is 38.8 Å². The Morgan fingerprint density at radius 2 is 1.56 bits per heavy atom. The van der Waals surface area contributed by atoms with Gasteiger partial charge < -0.3 is 5.32 Å². The van der Waals surface area contributed by atoms with Crippen molar-refractivity contribution in [3.8, 4) is 0 Å². The summed E-state index contributed by atoms with van der Waals surface area (Å²) < 4.78 is 0. The first-order valence-corrected chi connectivity index (χ1v) is 9.47. The summed E-state index contributed by atoms with van der Waals surface area (Å²) >= 11 is 12.0. The minimum atomic E-state index is -1.03. The van der Waals surface area contributed by atoms with Crippen LogP contribution in [0.25, 0.3) is 0 Å². The van der Waals surface area contributed by atoms with E-state index in [-0.39, 0.29) is 11.3 Å². The van der Waals surface area contributed by atoms with E-state index in [1.165, 1.54) is 5.56 Å². The highest BCUT2D eigenvalue weighted by atomic mass is 35.5. The molecule has 2 aromatic rings. The number of halogens is 2. The van der Waals surface area contributed by atoms with Crippen LogP contribution in [0.2, 0.25) is 10.0 Å². The molecular formula is C21H22Cl2N2O2. The van der Waals surface area contributed by atoms with Gasteiger partial charge in [0.1, 0.15) is 5.54 Å². The van der Waals surface area contributed by atoms with Crippen LogP contribution in [0.4, 0.5) is 10.5 Å². The van der Waals surface area contributed by atoms with Gasteiger partial charge in [-0.1, -0.05) is 68.2 Å². The SMILES string of the molecule is CC1(Cc2ccc(C(C)(C)C)cc2)NC(=O)N(c2cc(Cl)cc(Cl)c2)C1=O. The Labute approximate surface area is 169 Å². The summed E-state index contributed by atoms with van der Waals surface area (Å²) in [7, 11) is 0. The highest BCUT2D eigenvalue weighted by molar-refractivity contribution is 6.35. The molecule has 0 spiro atoms. The minimum absolute atomic E-state index is 0.0580. The minimum Gasteiger partial charge on any atom is -0.323 e. The number of anilines is 1. The monoisotopic (exact) mass is 404 g/mol. The number of hydrogen-bond donors (Lipinski definition) is 1.